The van der Waals surface area contributed by atoms with Crippen LogP contribution in [0, 0.1) is 0 Å². The predicted molar refractivity (Wildman–Crippen MR) is 257 cm³/mol. The number of nitrogens with zero attached hydrogens (tertiary/aromatic N) is 1. The van der Waals surface area contributed by atoms with Gasteiger partial charge >= 0.3 is 0 Å². The molecule has 10 rings (SSSR count). The van der Waals surface area contributed by atoms with Crippen molar-refractivity contribution in [3.05, 3.63) is 223 Å². The van der Waals surface area contributed by atoms with Gasteiger partial charge in [0.2, 0.25) is 0 Å². The number of hydrogen-bond acceptors (Lipinski definition) is 1. The Morgan fingerprint density at radius 3 is 1.55 bits per heavy atom. The second kappa shape index (κ2) is 14.7. The molecule has 0 aromatic heterocycles. The largest absolute Gasteiger partial charge is 0.309 e. The zero-order valence-corrected chi connectivity index (χ0v) is 35.1. The summed E-state index contributed by atoms with van der Waals surface area (Å²) in [5.74, 6) is 0. The van der Waals surface area contributed by atoms with E-state index in [4.69, 9.17) is 0 Å². The van der Waals surface area contributed by atoms with E-state index in [9.17, 15) is 0 Å². The molecule has 1 nitrogen and oxygen atoms in total. The highest BCUT2D eigenvalue weighted by atomic mass is 15.1. The molecular weight excluding hydrogens is 723 g/mol. The standard InChI is InChI=1S/C59H49N/c1-58(2,3)44-35-37-56(51(39-44)41-22-10-7-11-23-41)60(54-32-16-13-26-45(54)43-34-36-48-47-27-12-15-31-52(47)59(4,5)53(48)38-43)55-33-17-14-28-49(55)50-30-19-25-42-24-18-29-46(57(42)50)40-20-8-6-9-21-40/h6-39H,1-5H3. The Labute approximate surface area is 355 Å². The summed E-state index contributed by atoms with van der Waals surface area (Å²) in [7, 11) is 0. The van der Waals surface area contributed by atoms with Gasteiger partial charge < -0.3 is 4.90 Å². The van der Waals surface area contributed by atoms with Crippen molar-refractivity contribution in [2.45, 2.75) is 45.4 Å². The van der Waals surface area contributed by atoms with Crippen molar-refractivity contribution in [2.75, 3.05) is 4.90 Å². The lowest BCUT2D eigenvalue weighted by Crippen LogP contribution is -2.16. The van der Waals surface area contributed by atoms with Crippen LogP contribution in [0.15, 0.2) is 206 Å². The molecule has 0 bridgehead atoms. The number of fused-ring (bicyclic) bond motifs is 4. The first-order valence-corrected chi connectivity index (χ1v) is 21.2. The van der Waals surface area contributed by atoms with Crippen molar-refractivity contribution >= 4 is 27.8 Å². The average molecular weight is 772 g/mol. The Bertz CT molecular complexity index is 3030. The molecule has 0 radical (unpaired) electrons. The van der Waals surface area contributed by atoms with Gasteiger partial charge in [-0.2, -0.15) is 0 Å². The van der Waals surface area contributed by atoms with Crippen LogP contribution in [-0.2, 0) is 10.8 Å². The van der Waals surface area contributed by atoms with Crippen LogP contribution in [0.2, 0.25) is 0 Å². The van der Waals surface area contributed by atoms with Gasteiger partial charge in [-0.05, 0) is 102 Å². The van der Waals surface area contributed by atoms with Gasteiger partial charge in [-0.3, -0.25) is 0 Å². The number of benzene rings is 9. The third-order valence-electron chi connectivity index (χ3n) is 12.7. The molecule has 1 aliphatic rings. The molecule has 60 heavy (non-hydrogen) atoms. The fourth-order valence-electron chi connectivity index (χ4n) is 9.54. The predicted octanol–water partition coefficient (Wildman–Crippen LogP) is 16.6. The normalized spacial score (nSPS) is 12.9. The van der Waals surface area contributed by atoms with Crippen LogP contribution < -0.4 is 4.90 Å². The summed E-state index contributed by atoms with van der Waals surface area (Å²) in [4.78, 5) is 2.54. The van der Waals surface area contributed by atoms with Crippen LogP contribution in [0.25, 0.3) is 66.4 Å². The summed E-state index contributed by atoms with van der Waals surface area (Å²) in [5, 5.41) is 2.47. The van der Waals surface area contributed by atoms with E-state index in [0.29, 0.717) is 0 Å². The molecular formula is C59H49N. The van der Waals surface area contributed by atoms with E-state index >= 15 is 0 Å². The van der Waals surface area contributed by atoms with Crippen molar-refractivity contribution in [1.82, 2.24) is 0 Å². The van der Waals surface area contributed by atoms with Crippen molar-refractivity contribution in [3.8, 4) is 55.6 Å². The lowest BCUT2D eigenvalue weighted by Gasteiger charge is -2.33. The third-order valence-corrected chi connectivity index (χ3v) is 12.7. The van der Waals surface area contributed by atoms with Gasteiger partial charge in [0.15, 0.2) is 0 Å². The van der Waals surface area contributed by atoms with E-state index in [2.05, 4.69) is 246 Å². The second-order valence-electron chi connectivity index (χ2n) is 17.7. The van der Waals surface area contributed by atoms with Gasteiger partial charge in [0.05, 0.1) is 17.1 Å². The van der Waals surface area contributed by atoms with E-state index in [1.165, 1.54) is 83.1 Å². The molecule has 9 aromatic rings. The zero-order valence-electron chi connectivity index (χ0n) is 35.1. The number of anilines is 3. The summed E-state index contributed by atoms with van der Waals surface area (Å²) in [5.41, 5.74) is 19.5. The van der Waals surface area contributed by atoms with Crippen molar-refractivity contribution in [2.24, 2.45) is 0 Å². The molecule has 0 atom stereocenters. The van der Waals surface area contributed by atoms with Crippen molar-refractivity contribution in [3.63, 3.8) is 0 Å². The van der Waals surface area contributed by atoms with Crippen LogP contribution in [0.4, 0.5) is 17.1 Å². The van der Waals surface area contributed by atoms with E-state index in [1.807, 2.05) is 0 Å². The van der Waals surface area contributed by atoms with Crippen molar-refractivity contribution < 1.29 is 0 Å². The molecule has 290 valence electrons. The Morgan fingerprint density at radius 2 is 0.867 bits per heavy atom. The highest BCUT2D eigenvalue weighted by Gasteiger charge is 2.35. The van der Waals surface area contributed by atoms with Gasteiger partial charge in [0.25, 0.3) is 0 Å². The van der Waals surface area contributed by atoms with Crippen LogP contribution >= 0.6 is 0 Å². The lowest BCUT2D eigenvalue weighted by atomic mass is 9.81. The second-order valence-corrected chi connectivity index (χ2v) is 17.7. The molecule has 0 heterocycles. The minimum atomic E-state index is -0.114. The van der Waals surface area contributed by atoms with Gasteiger partial charge in [-0.25, -0.2) is 0 Å². The topological polar surface area (TPSA) is 3.24 Å². The van der Waals surface area contributed by atoms with Gasteiger partial charge in [0.1, 0.15) is 0 Å². The monoisotopic (exact) mass is 771 g/mol. The van der Waals surface area contributed by atoms with E-state index in [0.717, 1.165) is 17.1 Å². The summed E-state index contributed by atoms with van der Waals surface area (Å²) in [6, 6.07) is 76.3. The van der Waals surface area contributed by atoms with Crippen LogP contribution in [0.3, 0.4) is 0 Å². The van der Waals surface area contributed by atoms with E-state index in [1.54, 1.807) is 0 Å². The zero-order chi connectivity index (χ0) is 41.0. The molecule has 9 aromatic carbocycles. The quantitative estimate of drug-likeness (QED) is 0.156. The number of rotatable bonds is 7. The maximum Gasteiger partial charge on any atom is 0.0540 e. The van der Waals surface area contributed by atoms with Crippen LogP contribution in [-0.4, -0.2) is 0 Å². The molecule has 0 N–H and O–H groups in total. The first-order valence-electron chi connectivity index (χ1n) is 21.2. The first-order chi connectivity index (χ1) is 29.2. The highest BCUT2D eigenvalue weighted by Crippen LogP contribution is 2.53. The van der Waals surface area contributed by atoms with Gasteiger partial charge in [-0.15, -0.1) is 0 Å². The van der Waals surface area contributed by atoms with Crippen LogP contribution in [0.1, 0.15) is 51.3 Å². The molecule has 1 aliphatic carbocycles. The minimum Gasteiger partial charge on any atom is -0.309 e. The fraction of sp³-hybridized carbons (Fsp3) is 0.119. The third kappa shape index (κ3) is 6.33. The molecule has 0 unspecified atom stereocenters. The summed E-state index contributed by atoms with van der Waals surface area (Å²) >= 11 is 0. The Kier molecular flexibility index (Phi) is 9.14. The average Bonchev–Trinajstić information content (AvgIpc) is 3.52. The Morgan fingerprint density at radius 1 is 0.350 bits per heavy atom. The van der Waals surface area contributed by atoms with E-state index in [-0.39, 0.29) is 10.8 Å². The number of hydrogen-bond donors (Lipinski definition) is 0. The van der Waals surface area contributed by atoms with Crippen molar-refractivity contribution in [1.29, 1.82) is 0 Å². The van der Waals surface area contributed by atoms with Gasteiger partial charge in [-0.1, -0.05) is 211 Å². The molecule has 0 aliphatic heterocycles. The van der Waals surface area contributed by atoms with E-state index < -0.39 is 0 Å². The molecule has 0 saturated carbocycles. The summed E-state index contributed by atoms with van der Waals surface area (Å²) in [6.07, 6.45) is 0. The molecule has 1 heteroatoms. The highest BCUT2D eigenvalue weighted by molar-refractivity contribution is 6.09. The number of para-hydroxylation sites is 2. The molecule has 0 spiro atoms. The molecule has 0 saturated heterocycles. The summed E-state index contributed by atoms with van der Waals surface area (Å²) in [6.45, 7) is 11.6. The minimum absolute atomic E-state index is 0.0334. The summed E-state index contributed by atoms with van der Waals surface area (Å²) < 4.78 is 0. The molecule has 0 fully saturated rings. The lowest BCUT2D eigenvalue weighted by molar-refractivity contribution is 0.590. The SMILES string of the molecule is CC(C)(C)c1ccc(N(c2ccccc2-c2ccc3c(c2)C(C)(C)c2ccccc2-3)c2ccccc2-c2cccc3cccc(-c4ccccc4)c23)c(-c2ccccc2)c1. The maximum absolute atomic E-state index is 2.54. The smallest absolute Gasteiger partial charge is 0.0540 e. The maximum atomic E-state index is 2.54. The Hall–Kier alpha value is -6.96. The first kappa shape index (κ1) is 37.3. The Balaban J connectivity index is 1.26. The fourth-order valence-corrected chi connectivity index (χ4v) is 9.54. The van der Waals surface area contributed by atoms with Crippen LogP contribution in [0.5, 0.6) is 0 Å². The molecule has 0 amide bonds. The van der Waals surface area contributed by atoms with Gasteiger partial charge in [0, 0.05) is 22.1 Å².